The average molecular weight is 514 g/mol. The minimum absolute atomic E-state index is 0.0655. The summed E-state index contributed by atoms with van der Waals surface area (Å²) < 4.78 is 66.2. The summed E-state index contributed by atoms with van der Waals surface area (Å²) in [6.45, 7) is 1.77. The Morgan fingerprint density at radius 1 is 1.00 bits per heavy atom. The van der Waals surface area contributed by atoms with E-state index in [1.54, 1.807) is 9.80 Å². The normalized spacial score (nSPS) is 20.6. The van der Waals surface area contributed by atoms with E-state index in [0.29, 0.717) is 32.6 Å². The van der Waals surface area contributed by atoms with Crippen molar-refractivity contribution in [2.75, 3.05) is 26.2 Å². The lowest BCUT2D eigenvalue weighted by molar-refractivity contribution is -0.274. The molecule has 0 bridgehead atoms. The number of likely N-dealkylation sites (tertiary alicyclic amines) is 2. The average Bonchev–Trinajstić information content (AvgIpc) is 3.36. The van der Waals surface area contributed by atoms with Crippen LogP contribution in [0.25, 0.3) is 0 Å². The molecule has 2 amide bonds. The molecule has 2 saturated heterocycles. The number of alkyl halides is 3. The maximum atomic E-state index is 14.3. The Morgan fingerprint density at radius 2 is 1.60 bits per heavy atom. The quantitative estimate of drug-likeness (QED) is 0.602. The van der Waals surface area contributed by atoms with Crippen molar-refractivity contribution >= 4 is 22.8 Å². The standard InChI is InChI=1S/C23H23F4N3O4S/c24-20-9-18(35(28)33)6-7-19(20)22(32)30-12-15-10-29(11-16(15)13-30)21(31)8-3-14-1-4-17(5-2-14)34-23(25,26)27/h1-2,4-7,9,15-16H,3,8,10-13,28H2/t15-,16?,35?/m1/s1. The van der Waals surface area contributed by atoms with Gasteiger partial charge in [0.1, 0.15) is 22.6 Å². The van der Waals surface area contributed by atoms with E-state index in [-0.39, 0.29) is 40.4 Å². The fraction of sp³-hybridized carbons (Fsp3) is 0.391. The van der Waals surface area contributed by atoms with Crippen LogP contribution in [-0.2, 0) is 22.2 Å². The van der Waals surface area contributed by atoms with Crippen LogP contribution in [0.5, 0.6) is 5.75 Å². The van der Waals surface area contributed by atoms with E-state index in [0.717, 1.165) is 11.6 Å². The third-order valence-corrected chi connectivity index (χ3v) is 7.03. The molecule has 0 saturated carbocycles. The largest absolute Gasteiger partial charge is 0.573 e. The van der Waals surface area contributed by atoms with Crippen molar-refractivity contribution in [1.29, 1.82) is 0 Å². The summed E-state index contributed by atoms with van der Waals surface area (Å²) in [7, 11) is -1.84. The second-order valence-corrected chi connectivity index (χ2v) is 9.73. The van der Waals surface area contributed by atoms with Crippen LogP contribution in [-0.4, -0.2) is 58.4 Å². The lowest BCUT2D eigenvalue weighted by Gasteiger charge is -2.22. The first kappa shape index (κ1) is 25.1. The molecule has 0 aliphatic carbocycles. The zero-order valence-electron chi connectivity index (χ0n) is 18.5. The fourth-order valence-corrected chi connectivity index (χ4v) is 5.02. The van der Waals surface area contributed by atoms with Gasteiger partial charge >= 0.3 is 6.36 Å². The zero-order valence-corrected chi connectivity index (χ0v) is 19.3. The number of nitrogens with two attached hydrogens (primary N) is 1. The highest BCUT2D eigenvalue weighted by atomic mass is 32.2. The Morgan fingerprint density at radius 3 is 2.14 bits per heavy atom. The minimum atomic E-state index is -4.75. The molecule has 0 aromatic heterocycles. The lowest BCUT2D eigenvalue weighted by Crippen LogP contribution is -2.36. The topological polar surface area (TPSA) is 92.9 Å². The zero-order chi connectivity index (χ0) is 25.3. The van der Waals surface area contributed by atoms with Crippen LogP contribution in [0.1, 0.15) is 22.3 Å². The van der Waals surface area contributed by atoms with E-state index < -0.39 is 29.1 Å². The number of carbonyl (C=O) groups is 2. The van der Waals surface area contributed by atoms with Crippen molar-refractivity contribution in [1.82, 2.24) is 9.80 Å². The number of hydrogen-bond donors (Lipinski definition) is 1. The van der Waals surface area contributed by atoms with Crippen LogP contribution in [0.2, 0.25) is 0 Å². The summed E-state index contributed by atoms with van der Waals surface area (Å²) in [5.74, 6) is -1.45. The number of fused-ring (bicyclic) bond motifs is 1. The molecule has 2 aromatic rings. The molecule has 188 valence electrons. The predicted octanol–water partition coefficient (Wildman–Crippen LogP) is 2.87. The number of aryl methyl sites for hydroxylation is 1. The molecule has 0 radical (unpaired) electrons. The van der Waals surface area contributed by atoms with E-state index in [1.807, 2.05) is 0 Å². The Bertz CT molecular complexity index is 1130. The molecule has 2 heterocycles. The van der Waals surface area contributed by atoms with E-state index >= 15 is 0 Å². The fourth-order valence-electron chi connectivity index (χ4n) is 4.59. The highest BCUT2D eigenvalue weighted by Gasteiger charge is 2.43. The smallest absolute Gasteiger partial charge is 0.406 e. The number of rotatable bonds is 6. The minimum Gasteiger partial charge on any atom is -0.406 e. The van der Waals surface area contributed by atoms with Gasteiger partial charge in [0.2, 0.25) is 5.91 Å². The third-order valence-electron chi connectivity index (χ3n) is 6.31. The Kier molecular flexibility index (Phi) is 7.13. The van der Waals surface area contributed by atoms with E-state index in [2.05, 4.69) is 4.74 Å². The van der Waals surface area contributed by atoms with E-state index in [4.69, 9.17) is 5.14 Å². The molecule has 2 aliphatic rings. The monoisotopic (exact) mass is 513 g/mol. The van der Waals surface area contributed by atoms with Gasteiger partial charge in [-0.3, -0.25) is 9.59 Å². The first-order valence-corrected chi connectivity index (χ1v) is 12.1. The van der Waals surface area contributed by atoms with Gasteiger partial charge in [-0.2, -0.15) is 0 Å². The summed E-state index contributed by atoms with van der Waals surface area (Å²) in [4.78, 5) is 28.8. The van der Waals surface area contributed by atoms with Crippen molar-refractivity contribution in [2.45, 2.75) is 24.1 Å². The number of ether oxygens (including phenoxy) is 1. The lowest BCUT2D eigenvalue weighted by atomic mass is 10.0. The molecule has 4 rings (SSSR count). The predicted molar refractivity (Wildman–Crippen MR) is 118 cm³/mol. The molecule has 3 atom stereocenters. The molecule has 2 aliphatic heterocycles. The van der Waals surface area contributed by atoms with Gasteiger partial charge in [-0.05, 0) is 42.3 Å². The van der Waals surface area contributed by atoms with Gasteiger partial charge in [0.05, 0.1) is 10.5 Å². The first-order chi connectivity index (χ1) is 16.5. The number of nitrogens with zero attached hydrogens (tertiary/aromatic N) is 2. The molecule has 0 spiro atoms. The van der Waals surface area contributed by atoms with Gasteiger partial charge in [-0.1, -0.05) is 12.1 Å². The van der Waals surface area contributed by atoms with E-state index in [9.17, 15) is 31.4 Å². The van der Waals surface area contributed by atoms with Gasteiger partial charge in [0, 0.05) is 44.4 Å². The number of hydrogen-bond acceptors (Lipinski definition) is 4. The Hall–Kier alpha value is -2.99. The molecular formula is C23H23F4N3O4S. The molecule has 2 N–H and O–H groups in total. The Balaban J connectivity index is 1.27. The van der Waals surface area contributed by atoms with Crippen molar-refractivity contribution in [3.8, 4) is 5.75 Å². The molecule has 12 heteroatoms. The number of amides is 2. The van der Waals surface area contributed by atoms with Crippen LogP contribution in [0, 0.1) is 17.7 Å². The van der Waals surface area contributed by atoms with Gasteiger partial charge in [-0.25, -0.2) is 13.7 Å². The van der Waals surface area contributed by atoms with Gasteiger partial charge in [-0.15, -0.1) is 13.2 Å². The summed E-state index contributed by atoms with van der Waals surface area (Å²) in [5.41, 5.74) is 0.606. The van der Waals surface area contributed by atoms with Crippen molar-refractivity contribution in [2.24, 2.45) is 17.0 Å². The summed E-state index contributed by atoms with van der Waals surface area (Å²) in [6.07, 6.45) is -4.16. The van der Waals surface area contributed by atoms with Gasteiger partial charge in [0.25, 0.3) is 5.91 Å². The SMILES string of the molecule is NS(=O)c1ccc(C(=O)N2CC3CN(C(=O)CCc4ccc(OC(F)(F)F)cc4)C[C@@H]3C2)c(F)c1. The van der Waals surface area contributed by atoms with Crippen molar-refractivity contribution < 1.29 is 36.1 Å². The van der Waals surface area contributed by atoms with Gasteiger partial charge in [0.15, 0.2) is 0 Å². The maximum absolute atomic E-state index is 14.3. The summed E-state index contributed by atoms with van der Waals surface area (Å²) in [6, 6.07) is 9.05. The number of carbonyl (C=O) groups excluding carboxylic acids is 2. The molecule has 35 heavy (non-hydrogen) atoms. The summed E-state index contributed by atoms with van der Waals surface area (Å²) in [5, 5.41) is 5.25. The third kappa shape index (κ3) is 5.99. The van der Waals surface area contributed by atoms with Gasteiger partial charge < -0.3 is 14.5 Å². The van der Waals surface area contributed by atoms with Crippen molar-refractivity contribution in [3.63, 3.8) is 0 Å². The number of halogens is 4. The second-order valence-electron chi connectivity index (χ2n) is 8.66. The van der Waals surface area contributed by atoms with Crippen LogP contribution >= 0.6 is 0 Å². The highest BCUT2D eigenvalue weighted by molar-refractivity contribution is 7.82. The van der Waals surface area contributed by atoms with Crippen LogP contribution in [0.15, 0.2) is 47.4 Å². The van der Waals surface area contributed by atoms with Crippen LogP contribution < -0.4 is 9.88 Å². The number of benzene rings is 2. The summed E-state index contributed by atoms with van der Waals surface area (Å²) >= 11 is 0. The second kappa shape index (κ2) is 9.94. The first-order valence-electron chi connectivity index (χ1n) is 10.9. The molecular weight excluding hydrogens is 490 g/mol. The molecule has 2 unspecified atom stereocenters. The molecule has 2 aromatic carbocycles. The maximum Gasteiger partial charge on any atom is 0.573 e. The van der Waals surface area contributed by atoms with Crippen molar-refractivity contribution in [3.05, 3.63) is 59.4 Å². The van der Waals surface area contributed by atoms with Crippen LogP contribution in [0.4, 0.5) is 17.6 Å². The molecule has 7 nitrogen and oxygen atoms in total. The van der Waals surface area contributed by atoms with E-state index in [1.165, 1.54) is 36.4 Å². The van der Waals surface area contributed by atoms with Crippen LogP contribution in [0.3, 0.4) is 0 Å². The Labute approximate surface area is 201 Å². The molecule has 2 fully saturated rings. The highest BCUT2D eigenvalue weighted by Crippen LogP contribution is 2.33.